The standard InChI is InChI=1S/C24H22F2N4O4/c25-15-5-1-3-7-17(15)29-21(31)13-19(23(29)33)27-9-11-28(12-10-27)20-14-22(32)30(24(20)34)18-8-4-2-6-16(18)26/h1-8,19-20H,9-14H2. The molecule has 176 valence electrons. The van der Waals surface area contributed by atoms with Crippen molar-refractivity contribution in [2.75, 3.05) is 36.0 Å². The molecule has 2 unspecified atom stereocenters. The van der Waals surface area contributed by atoms with Crippen molar-refractivity contribution in [3.05, 3.63) is 60.2 Å². The van der Waals surface area contributed by atoms with Crippen LogP contribution in [0.2, 0.25) is 0 Å². The van der Waals surface area contributed by atoms with Gasteiger partial charge in [-0.3, -0.25) is 29.0 Å². The van der Waals surface area contributed by atoms with Crippen LogP contribution in [0.25, 0.3) is 0 Å². The third-order valence-electron chi connectivity index (χ3n) is 6.66. The van der Waals surface area contributed by atoms with Gasteiger partial charge in [0.05, 0.1) is 36.3 Å². The predicted octanol–water partition coefficient (Wildman–Crippen LogP) is 1.55. The van der Waals surface area contributed by atoms with E-state index >= 15 is 0 Å². The Labute approximate surface area is 194 Å². The number of nitrogens with zero attached hydrogens (tertiary/aromatic N) is 4. The van der Waals surface area contributed by atoms with E-state index in [1.54, 1.807) is 12.1 Å². The monoisotopic (exact) mass is 468 g/mol. The van der Waals surface area contributed by atoms with Crippen LogP contribution in [0, 0.1) is 11.6 Å². The normalized spacial score (nSPS) is 24.5. The van der Waals surface area contributed by atoms with Crippen LogP contribution in [0.3, 0.4) is 0 Å². The van der Waals surface area contributed by atoms with Crippen molar-refractivity contribution < 1.29 is 28.0 Å². The molecule has 0 spiro atoms. The maximum atomic E-state index is 14.2. The van der Waals surface area contributed by atoms with Crippen LogP contribution in [0.5, 0.6) is 0 Å². The summed E-state index contributed by atoms with van der Waals surface area (Å²) in [6, 6.07) is 9.90. The van der Waals surface area contributed by atoms with Gasteiger partial charge in [0.25, 0.3) is 11.8 Å². The van der Waals surface area contributed by atoms with Gasteiger partial charge >= 0.3 is 0 Å². The SMILES string of the molecule is O=C1CC(N2CCN(C3CC(=O)N(c4ccccc4F)C3=O)CC2)C(=O)N1c1ccccc1F. The molecule has 2 aromatic rings. The lowest BCUT2D eigenvalue weighted by atomic mass is 10.1. The van der Waals surface area contributed by atoms with Crippen molar-refractivity contribution in [3.8, 4) is 0 Å². The minimum absolute atomic E-state index is 0.0466. The zero-order valence-electron chi connectivity index (χ0n) is 18.2. The van der Waals surface area contributed by atoms with Crippen molar-refractivity contribution >= 4 is 35.0 Å². The van der Waals surface area contributed by atoms with Crippen LogP contribution in [0.15, 0.2) is 48.5 Å². The molecule has 0 saturated carbocycles. The number of hydrogen-bond acceptors (Lipinski definition) is 6. The van der Waals surface area contributed by atoms with Gasteiger partial charge in [-0.15, -0.1) is 0 Å². The molecular weight excluding hydrogens is 446 g/mol. The summed E-state index contributed by atoms with van der Waals surface area (Å²) in [5.41, 5.74) is -0.108. The topological polar surface area (TPSA) is 81.2 Å². The zero-order valence-corrected chi connectivity index (χ0v) is 18.2. The molecule has 3 heterocycles. The van der Waals surface area contributed by atoms with Crippen molar-refractivity contribution in [3.63, 3.8) is 0 Å². The van der Waals surface area contributed by atoms with E-state index in [0.29, 0.717) is 26.2 Å². The molecule has 3 fully saturated rings. The van der Waals surface area contributed by atoms with E-state index in [1.807, 2.05) is 9.80 Å². The summed E-state index contributed by atoms with van der Waals surface area (Å²) in [5, 5.41) is 0. The van der Waals surface area contributed by atoms with Gasteiger partial charge in [-0.25, -0.2) is 18.6 Å². The van der Waals surface area contributed by atoms with E-state index < -0.39 is 47.3 Å². The molecule has 0 aliphatic carbocycles. The molecule has 34 heavy (non-hydrogen) atoms. The van der Waals surface area contributed by atoms with Gasteiger partial charge in [-0.2, -0.15) is 0 Å². The Hall–Kier alpha value is -3.50. The number of amides is 4. The highest BCUT2D eigenvalue weighted by Gasteiger charge is 2.47. The summed E-state index contributed by atoms with van der Waals surface area (Å²) in [5.74, 6) is -3.14. The van der Waals surface area contributed by atoms with Crippen LogP contribution in [-0.4, -0.2) is 71.7 Å². The van der Waals surface area contributed by atoms with E-state index in [1.165, 1.54) is 36.4 Å². The molecule has 5 rings (SSSR count). The summed E-state index contributed by atoms with van der Waals surface area (Å²) < 4.78 is 28.4. The number of halogens is 2. The molecule has 0 aromatic heterocycles. The number of rotatable bonds is 4. The smallest absolute Gasteiger partial charge is 0.251 e. The molecule has 2 atom stereocenters. The lowest BCUT2D eigenvalue weighted by molar-refractivity contribution is -0.126. The summed E-state index contributed by atoms with van der Waals surface area (Å²) in [6.07, 6.45) is -0.0931. The molecule has 0 radical (unpaired) electrons. The summed E-state index contributed by atoms with van der Waals surface area (Å²) >= 11 is 0. The first-order chi connectivity index (χ1) is 16.4. The predicted molar refractivity (Wildman–Crippen MR) is 118 cm³/mol. The number of carbonyl (C=O) groups is 4. The van der Waals surface area contributed by atoms with Crippen molar-refractivity contribution in [1.29, 1.82) is 0 Å². The number of imide groups is 2. The highest BCUT2D eigenvalue weighted by molar-refractivity contribution is 6.23. The van der Waals surface area contributed by atoms with Gasteiger partial charge < -0.3 is 0 Å². The Kier molecular flexibility index (Phi) is 5.70. The average Bonchev–Trinajstić information content (AvgIpc) is 3.29. The van der Waals surface area contributed by atoms with Crippen LogP contribution in [0.4, 0.5) is 20.2 Å². The van der Waals surface area contributed by atoms with Crippen LogP contribution < -0.4 is 9.80 Å². The molecule has 4 amide bonds. The second-order valence-electron chi connectivity index (χ2n) is 8.55. The minimum Gasteiger partial charge on any atom is -0.289 e. The fraction of sp³-hybridized carbons (Fsp3) is 0.333. The van der Waals surface area contributed by atoms with E-state index in [0.717, 1.165) is 9.80 Å². The first-order valence-electron chi connectivity index (χ1n) is 11.1. The number of piperazine rings is 1. The maximum absolute atomic E-state index is 14.2. The largest absolute Gasteiger partial charge is 0.289 e. The molecule has 0 bridgehead atoms. The quantitative estimate of drug-likeness (QED) is 0.634. The van der Waals surface area contributed by atoms with Gasteiger partial charge in [0.15, 0.2) is 0 Å². The number of para-hydroxylation sites is 2. The lowest BCUT2D eigenvalue weighted by Gasteiger charge is -2.38. The van der Waals surface area contributed by atoms with Crippen molar-refractivity contribution in [1.82, 2.24) is 9.80 Å². The van der Waals surface area contributed by atoms with E-state index in [9.17, 15) is 28.0 Å². The van der Waals surface area contributed by atoms with Crippen LogP contribution >= 0.6 is 0 Å². The average molecular weight is 468 g/mol. The van der Waals surface area contributed by atoms with Crippen LogP contribution in [0.1, 0.15) is 12.8 Å². The molecule has 3 aliphatic heterocycles. The van der Waals surface area contributed by atoms with Gasteiger partial charge in [0.2, 0.25) is 11.8 Å². The summed E-state index contributed by atoms with van der Waals surface area (Å²) in [6.45, 7) is 1.58. The minimum atomic E-state index is -0.704. The second kappa shape index (κ2) is 8.69. The molecule has 2 aromatic carbocycles. The molecule has 3 aliphatic rings. The maximum Gasteiger partial charge on any atom is 0.251 e. The van der Waals surface area contributed by atoms with Gasteiger partial charge in [0.1, 0.15) is 11.6 Å². The first-order valence-corrected chi connectivity index (χ1v) is 11.1. The number of hydrogen-bond donors (Lipinski definition) is 0. The molecule has 10 heteroatoms. The molecular formula is C24H22F2N4O4. The second-order valence-corrected chi connectivity index (χ2v) is 8.55. The Balaban J connectivity index is 1.25. The Morgan fingerprint density at radius 2 is 0.941 bits per heavy atom. The highest BCUT2D eigenvalue weighted by Crippen LogP contribution is 2.31. The number of carbonyl (C=O) groups excluding carboxylic acids is 4. The summed E-state index contributed by atoms with van der Waals surface area (Å²) in [7, 11) is 0. The fourth-order valence-electron chi connectivity index (χ4n) is 4.94. The van der Waals surface area contributed by atoms with E-state index in [4.69, 9.17) is 0 Å². The van der Waals surface area contributed by atoms with E-state index in [-0.39, 0.29) is 24.2 Å². The Morgan fingerprint density at radius 3 is 1.29 bits per heavy atom. The number of anilines is 2. The Morgan fingerprint density at radius 1 is 0.588 bits per heavy atom. The Bertz CT molecular complexity index is 1090. The molecule has 8 nitrogen and oxygen atoms in total. The van der Waals surface area contributed by atoms with Crippen LogP contribution in [-0.2, 0) is 19.2 Å². The third-order valence-corrected chi connectivity index (χ3v) is 6.66. The first kappa shape index (κ1) is 22.3. The van der Waals surface area contributed by atoms with E-state index in [2.05, 4.69) is 0 Å². The fourth-order valence-corrected chi connectivity index (χ4v) is 4.94. The molecule has 3 saturated heterocycles. The third kappa shape index (κ3) is 3.68. The van der Waals surface area contributed by atoms with Crippen molar-refractivity contribution in [2.45, 2.75) is 24.9 Å². The molecule has 0 N–H and O–H groups in total. The van der Waals surface area contributed by atoms with Gasteiger partial charge in [-0.1, -0.05) is 24.3 Å². The lowest BCUT2D eigenvalue weighted by Crippen LogP contribution is -2.56. The highest BCUT2D eigenvalue weighted by atomic mass is 19.1. The zero-order chi connectivity index (χ0) is 24.0. The van der Waals surface area contributed by atoms with Crippen molar-refractivity contribution in [2.24, 2.45) is 0 Å². The van der Waals surface area contributed by atoms with Gasteiger partial charge in [-0.05, 0) is 24.3 Å². The number of benzene rings is 2. The summed E-state index contributed by atoms with van der Waals surface area (Å²) in [4.78, 5) is 56.5. The van der Waals surface area contributed by atoms with Gasteiger partial charge in [0, 0.05) is 26.2 Å².